The molecule has 0 aromatic heterocycles. The first-order valence-corrected chi connectivity index (χ1v) is 5.97. The van der Waals surface area contributed by atoms with Gasteiger partial charge in [0.1, 0.15) is 5.75 Å². The van der Waals surface area contributed by atoms with Gasteiger partial charge >= 0.3 is 0 Å². The van der Waals surface area contributed by atoms with Crippen LogP contribution in [-0.4, -0.2) is 16.1 Å². The summed E-state index contributed by atoms with van der Waals surface area (Å²) in [6.45, 7) is -0.0494. The van der Waals surface area contributed by atoms with Crippen LogP contribution in [0.4, 0.5) is 5.69 Å². The Kier molecular flexibility index (Phi) is 4.04. The van der Waals surface area contributed by atoms with Crippen LogP contribution in [0.5, 0.6) is 5.75 Å². The van der Waals surface area contributed by atoms with Gasteiger partial charge in [-0.15, -0.1) is 0 Å². The van der Waals surface area contributed by atoms with E-state index in [0.29, 0.717) is 10.7 Å². The molecular formula is C14H12ClNO3. The average molecular weight is 278 g/mol. The van der Waals surface area contributed by atoms with Gasteiger partial charge in [0.05, 0.1) is 12.2 Å². The first-order valence-electron chi connectivity index (χ1n) is 5.60. The summed E-state index contributed by atoms with van der Waals surface area (Å²) in [4.78, 5) is 11.9. The third-order valence-corrected chi connectivity index (χ3v) is 2.83. The summed E-state index contributed by atoms with van der Waals surface area (Å²) < 4.78 is 0. The Bertz CT molecular complexity index is 596. The zero-order valence-electron chi connectivity index (χ0n) is 9.93. The second-order valence-corrected chi connectivity index (χ2v) is 4.41. The van der Waals surface area contributed by atoms with Crippen LogP contribution in [-0.2, 0) is 6.61 Å². The van der Waals surface area contributed by atoms with E-state index in [-0.39, 0.29) is 17.9 Å². The molecule has 0 bridgehead atoms. The Morgan fingerprint density at radius 2 is 1.84 bits per heavy atom. The number of phenolic OH excluding ortho intramolecular Hbond substituents is 1. The van der Waals surface area contributed by atoms with E-state index < -0.39 is 5.91 Å². The molecule has 0 aliphatic heterocycles. The number of carbonyl (C=O) groups excluding carboxylic acids is 1. The van der Waals surface area contributed by atoms with E-state index >= 15 is 0 Å². The number of hydrogen-bond donors (Lipinski definition) is 3. The maximum atomic E-state index is 11.9. The lowest BCUT2D eigenvalue weighted by Gasteiger charge is -2.07. The molecule has 3 N–H and O–H groups in total. The minimum absolute atomic E-state index is 0.0494. The van der Waals surface area contributed by atoms with Crippen molar-refractivity contribution in [2.24, 2.45) is 0 Å². The normalized spacial score (nSPS) is 10.2. The van der Waals surface area contributed by atoms with Gasteiger partial charge in [-0.05, 0) is 35.9 Å². The highest BCUT2D eigenvalue weighted by atomic mass is 35.5. The largest absolute Gasteiger partial charge is 0.507 e. The van der Waals surface area contributed by atoms with Crippen molar-refractivity contribution in [2.45, 2.75) is 6.61 Å². The maximum absolute atomic E-state index is 11.9. The predicted molar refractivity (Wildman–Crippen MR) is 73.4 cm³/mol. The number of benzene rings is 2. The summed E-state index contributed by atoms with van der Waals surface area (Å²) >= 11 is 5.70. The zero-order chi connectivity index (χ0) is 13.8. The molecular weight excluding hydrogens is 266 g/mol. The molecule has 2 aromatic carbocycles. The van der Waals surface area contributed by atoms with Crippen molar-refractivity contribution < 1.29 is 15.0 Å². The Morgan fingerprint density at radius 1 is 1.16 bits per heavy atom. The first-order chi connectivity index (χ1) is 9.10. The Morgan fingerprint density at radius 3 is 2.42 bits per heavy atom. The zero-order valence-corrected chi connectivity index (χ0v) is 10.7. The van der Waals surface area contributed by atoms with Crippen molar-refractivity contribution in [1.82, 2.24) is 0 Å². The van der Waals surface area contributed by atoms with Crippen molar-refractivity contribution in [2.75, 3.05) is 5.32 Å². The molecule has 0 heterocycles. The van der Waals surface area contributed by atoms with Gasteiger partial charge in [0, 0.05) is 10.7 Å². The molecule has 2 aromatic rings. The van der Waals surface area contributed by atoms with Crippen molar-refractivity contribution >= 4 is 23.2 Å². The molecule has 4 nitrogen and oxygen atoms in total. The highest BCUT2D eigenvalue weighted by Crippen LogP contribution is 2.23. The number of rotatable bonds is 3. The molecule has 0 radical (unpaired) electrons. The average Bonchev–Trinajstić information content (AvgIpc) is 2.39. The van der Waals surface area contributed by atoms with Gasteiger partial charge in [0.2, 0.25) is 0 Å². The number of aromatic hydroxyl groups is 1. The fourth-order valence-electron chi connectivity index (χ4n) is 1.59. The molecule has 0 spiro atoms. The number of aliphatic hydroxyl groups excluding tert-OH is 1. The van der Waals surface area contributed by atoms with Crippen LogP contribution in [0.1, 0.15) is 15.9 Å². The summed E-state index contributed by atoms with van der Waals surface area (Å²) in [6.07, 6.45) is 0. The van der Waals surface area contributed by atoms with E-state index in [9.17, 15) is 9.90 Å². The van der Waals surface area contributed by atoms with Crippen molar-refractivity contribution in [3.05, 3.63) is 58.6 Å². The molecule has 98 valence electrons. The van der Waals surface area contributed by atoms with E-state index in [1.165, 1.54) is 18.2 Å². The van der Waals surface area contributed by atoms with Gasteiger partial charge in [-0.25, -0.2) is 0 Å². The molecule has 0 fully saturated rings. The van der Waals surface area contributed by atoms with E-state index in [2.05, 4.69) is 5.32 Å². The Hall–Kier alpha value is -2.04. The Balaban J connectivity index is 2.15. The smallest absolute Gasteiger partial charge is 0.259 e. The van der Waals surface area contributed by atoms with Crippen molar-refractivity contribution in [3.63, 3.8) is 0 Å². The monoisotopic (exact) mass is 277 g/mol. The van der Waals surface area contributed by atoms with E-state index in [1.54, 1.807) is 24.3 Å². The van der Waals surface area contributed by atoms with E-state index in [4.69, 9.17) is 16.7 Å². The number of phenols is 1. The minimum atomic E-state index is -0.425. The molecule has 5 heteroatoms. The number of anilines is 1. The number of hydrogen-bond acceptors (Lipinski definition) is 3. The fraction of sp³-hybridized carbons (Fsp3) is 0.0714. The number of halogens is 1. The second-order valence-electron chi connectivity index (χ2n) is 3.97. The van der Waals surface area contributed by atoms with Crippen LogP contribution in [0.15, 0.2) is 42.5 Å². The standard InChI is InChI=1S/C14H12ClNO3/c15-10-3-6-12(13(18)7-10)14(19)16-11-4-1-9(8-17)2-5-11/h1-7,17-18H,8H2,(H,16,19). The van der Waals surface area contributed by atoms with Crippen molar-refractivity contribution in [1.29, 1.82) is 0 Å². The molecule has 0 saturated carbocycles. The van der Waals surface area contributed by atoms with Gasteiger partial charge in [-0.2, -0.15) is 0 Å². The molecule has 1 amide bonds. The topological polar surface area (TPSA) is 69.6 Å². The Labute approximate surface area is 115 Å². The van der Waals surface area contributed by atoms with E-state index in [0.717, 1.165) is 5.56 Å². The minimum Gasteiger partial charge on any atom is -0.507 e. The SMILES string of the molecule is O=C(Nc1ccc(CO)cc1)c1ccc(Cl)cc1O. The van der Waals surface area contributed by atoms with Crippen molar-refractivity contribution in [3.8, 4) is 5.75 Å². The quantitative estimate of drug-likeness (QED) is 0.808. The van der Waals surface area contributed by atoms with Crippen LogP contribution in [0, 0.1) is 0 Å². The number of carbonyl (C=O) groups is 1. The summed E-state index contributed by atoms with van der Waals surface area (Å²) in [5.41, 5.74) is 1.49. The predicted octanol–water partition coefficient (Wildman–Crippen LogP) is 2.79. The van der Waals surface area contributed by atoms with Gasteiger partial charge in [-0.3, -0.25) is 4.79 Å². The lowest BCUT2D eigenvalue weighted by molar-refractivity contribution is 0.102. The third kappa shape index (κ3) is 3.24. The number of nitrogens with one attached hydrogen (secondary N) is 1. The van der Waals surface area contributed by atoms with Gasteiger partial charge in [0.25, 0.3) is 5.91 Å². The lowest BCUT2D eigenvalue weighted by atomic mass is 10.1. The van der Waals surface area contributed by atoms with Crippen LogP contribution < -0.4 is 5.32 Å². The van der Waals surface area contributed by atoms with Crippen LogP contribution in [0.25, 0.3) is 0 Å². The molecule has 0 saturated heterocycles. The fourth-order valence-corrected chi connectivity index (χ4v) is 1.76. The molecule has 2 rings (SSSR count). The van der Waals surface area contributed by atoms with Crippen LogP contribution >= 0.6 is 11.6 Å². The molecule has 0 aliphatic carbocycles. The first kappa shape index (κ1) is 13.4. The highest BCUT2D eigenvalue weighted by molar-refractivity contribution is 6.30. The molecule has 19 heavy (non-hydrogen) atoms. The van der Waals surface area contributed by atoms with E-state index in [1.807, 2.05) is 0 Å². The lowest BCUT2D eigenvalue weighted by Crippen LogP contribution is -2.12. The molecule has 0 atom stereocenters. The number of aliphatic hydroxyl groups is 1. The maximum Gasteiger partial charge on any atom is 0.259 e. The summed E-state index contributed by atoms with van der Waals surface area (Å²) in [5, 5.41) is 21.6. The highest BCUT2D eigenvalue weighted by Gasteiger charge is 2.11. The summed E-state index contributed by atoms with van der Waals surface area (Å²) in [7, 11) is 0. The number of amides is 1. The van der Waals surface area contributed by atoms with Gasteiger partial charge < -0.3 is 15.5 Å². The third-order valence-electron chi connectivity index (χ3n) is 2.60. The van der Waals surface area contributed by atoms with Crippen LogP contribution in [0.2, 0.25) is 5.02 Å². The van der Waals surface area contributed by atoms with Crippen LogP contribution in [0.3, 0.4) is 0 Å². The summed E-state index contributed by atoms with van der Waals surface area (Å²) in [6, 6.07) is 11.1. The summed E-state index contributed by atoms with van der Waals surface area (Å²) in [5.74, 6) is -0.595. The second kappa shape index (κ2) is 5.73. The molecule has 0 aliphatic rings. The van der Waals surface area contributed by atoms with Gasteiger partial charge in [-0.1, -0.05) is 23.7 Å². The van der Waals surface area contributed by atoms with Gasteiger partial charge in [0.15, 0.2) is 0 Å². The molecule has 0 unspecified atom stereocenters.